The fourth-order valence-corrected chi connectivity index (χ4v) is 4.11. The summed E-state index contributed by atoms with van der Waals surface area (Å²) in [7, 11) is 0. The normalized spacial score (nSPS) is 20.8. The molecule has 1 fully saturated rings. The van der Waals surface area contributed by atoms with E-state index < -0.39 is 5.97 Å². The smallest absolute Gasteiger partial charge is 0.303 e. The summed E-state index contributed by atoms with van der Waals surface area (Å²) in [4.78, 5) is 12.9. The van der Waals surface area contributed by atoms with Crippen molar-refractivity contribution in [3.8, 4) is 0 Å². The Bertz CT molecular complexity index is 617. The van der Waals surface area contributed by atoms with Gasteiger partial charge >= 0.3 is 5.97 Å². The van der Waals surface area contributed by atoms with Gasteiger partial charge in [0, 0.05) is 24.7 Å². The van der Waals surface area contributed by atoms with E-state index in [0.29, 0.717) is 6.42 Å². The molecule has 0 aliphatic carbocycles. The van der Waals surface area contributed by atoms with Crippen molar-refractivity contribution in [2.75, 3.05) is 11.4 Å². The SMILES string of the molecule is CCCCCC(O)c1ccc(N2CC[C@@H](Cl)[C@@H]2C/C=C\CCCC(=O)O)cc1. The van der Waals surface area contributed by atoms with Crippen molar-refractivity contribution >= 4 is 23.3 Å². The van der Waals surface area contributed by atoms with Crippen LogP contribution in [0.3, 0.4) is 0 Å². The molecule has 2 N–H and O–H groups in total. The molecule has 1 aromatic rings. The molecule has 1 unspecified atom stereocenters. The lowest BCUT2D eigenvalue weighted by molar-refractivity contribution is -0.137. The minimum atomic E-state index is -0.741. The van der Waals surface area contributed by atoms with Crippen molar-refractivity contribution in [2.45, 2.75) is 82.2 Å². The van der Waals surface area contributed by atoms with Crippen molar-refractivity contribution in [1.82, 2.24) is 0 Å². The molecule has 1 aliphatic heterocycles. The Morgan fingerprint density at radius 1 is 1.25 bits per heavy atom. The van der Waals surface area contributed by atoms with Crippen LogP contribution in [0.5, 0.6) is 0 Å². The highest BCUT2D eigenvalue weighted by Crippen LogP contribution is 2.32. The Hall–Kier alpha value is -1.52. The molecular formula is C23H34ClNO3. The summed E-state index contributed by atoms with van der Waals surface area (Å²) in [5, 5.41) is 19.1. The number of nitrogens with zero attached hydrogens (tertiary/aromatic N) is 1. The van der Waals surface area contributed by atoms with E-state index in [2.05, 4.69) is 36.1 Å². The van der Waals surface area contributed by atoms with Gasteiger partial charge in [0.2, 0.25) is 0 Å². The zero-order chi connectivity index (χ0) is 20.4. The van der Waals surface area contributed by atoms with Gasteiger partial charge in [0.1, 0.15) is 0 Å². The summed E-state index contributed by atoms with van der Waals surface area (Å²) in [5.41, 5.74) is 2.13. The number of rotatable bonds is 12. The first kappa shape index (κ1) is 22.8. The second-order valence-corrected chi connectivity index (χ2v) is 8.22. The van der Waals surface area contributed by atoms with Crippen LogP contribution in [0.4, 0.5) is 5.69 Å². The van der Waals surface area contributed by atoms with Crippen LogP contribution in [0.15, 0.2) is 36.4 Å². The molecule has 0 bridgehead atoms. The first-order valence-corrected chi connectivity index (χ1v) is 11.0. The van der Waals surface area contributed by atoms with Gasteiger partial charge < -0.3 is 15.1 Å². The first-order valence-electron chi connectivity index (χ1n) is 10.6. The molecule has 2 rings (SSSR count). The van der Waals surface area contributed by atoms with Gasteiger partial charge in [-0.25, -0.2) is 0 Å². The van der Waals surface area contributed by atoms with Crippen LogP contribution in [-0.2, 0) is 4.79 Å². The lowest BCUT2D eigenvalue weighted by atomic mass is 10.0. The van der Waals surface area contributed by atoms with Crippen LogP contribution >= 0.6 is 11.6 Å². The summed E-state index contributed by atoms with van der Waals surface area (Å²) in [6, 6.07) is 8.50. The molecule has 4 nitrogen and oxygen atoms in total. The van der Waals surface area contributed by atoms with Gasteiger partial charge in [-0.2, -0.15) is 0 Å². The Morgan fingerprint density at radius 2 is 2.00 bits per heavy atom. The van der Waals surface area contributed by atoms with Gasteiger partial charge in [-0.3, -0.25) is 4.79 Å². The van der Waals surface area contributed by atoms with E-state index in [4.69, 9.17) is 16.7 Å². The Labute approximate surface area is 174 Å². The summed E-state index contributed by atoms with van der Waals surface area (Å²) in [6.45, 7) is 3.10. The molecule has 1 saturated heterocycles. The number of carboxylic acid groups (broad SMARTS) is 1. The van der Waals surface area contributed by atoms with Crippen molar-refractivity contribution < 1.29 is 15.0 Å². The highest BCUT2D eigenvalue weighted by Gasteiger charge is 2.32. The third-order valence-electron chi connectivity index (χ3n) is 5.46. The van der Waals surface area contributed by atoms with Crippen LogP contribution < -0.4 is 4.90 Å². The number of aliphatic hydroxyl groups excluding tert-OH is 1. The average Bonchev–Trinajstić information content (AvgIpc) is 3.05. The van der Waals surface area contributed by atoms with Crippen LogP contribution in [0.2, 0.25) is 0 Å². The number of aliphatic carboxylic acids is 1. The van der Waals surface area contributed by atoms with E-state index in [-0.39, 0.29) is 23.9 Å². The quantitative estimate of drug-likeness (QED) is 0.265. The van der Waals surface area contributed by atoms with E-state index in [1.165, 1.54) is 0 Å². The fraction of sp³-hybridized carbons (Fsp3) is 0.609. The molecular weight excluding hydrogens is 374 g/mol. The van der Waals surface area contributed by atoms with Gasteiger partial charge in [0.15, 0.2) is 0 Å². The highest BCUT2D eigenvalue weighted by atomic mass is 35.5. The molecule has 1 heterocycles. The maximum absolute atomic E-state index is 10.6. The largest absolute Gasteiger partial charge is 0.481 e. The van der Waals surface area contributed by atoms with Crippen LogP contribution in [0.1, 0.15) is 76.4 Å². The van der Waals surface area contributed by atoms with E-state index in [0.717, 1.165) is 62.7 Å². The predicted molar refractivity (Wildman–Crippen MR) is 116 cm³/mol. The van der Waals surface area contributed by atoms with E-state index in [1.54, 1.807) is 0 Å². The molecule has 0 aromatic heterocycles. The standard InChI is InChI=1S/C23H34ClNO3/c1-2-3-6-10-22(26)18-12-14-19(15-13-18)25-17-16-20(24)21(25)9-7-4-5-8-11-23(27)28/h4,7,12-15,20-22,26H,2-3,5-6,8-11,16-17H2,1H3,(H,27,28)/b7-4-/t20-,21+,22?/m1/s1. The minimum absolute atomic E-state index is 0.114. The topological polar surface area (TPSA) is 60.8 Å². The number of alkyl halides is 1. The van der Waals surface area contributed by atoms with Gasteiger partial charge in [0.05, 0.1) is 11.5 Å². The number of unbranched alkanes of at least 4 members (excludes halogenated alkanes) is 3. The monoisotopic (exact) mass is 407 g/mol. The molecule has 0 spiro atoms. The number of aliphatic hydroxyl groups is 1. The second-order valence-electron chi connectivity index (χ2n) is 7.66. The second kappa shape index (κ2) is 12.1. The first-order chi connectivity index (χ1) is 13.5. The number of halogens is 1. The Kier molecular flexibility index (Phi) is 9.86. The number of anilines is 1. The molecule has 156 valence electrons. The number of carboxylic acids is 1. The zero-order valence-electron chi connectivity index (χ0n) is 16.9. The zero-order valence-corrected chi connectivity index (χ0v) is 17.7. The number of hydrogen-bond acceptors (Lipinski definition) is 3. The predicted octanol–water partition coefficient (Wildman–Crippen LogP) is 5.69. The van der Waals surface area contributed by atoms with Crippen molar-refractivity contribution in [2.24, 2.45) is 0 Å². The third-order valence-corrected chi connectivity index (χ3v) is 5.97. The Balaban J connectivity index is 1.89. The third kappa shape index (κ3) is 7.14. The summed E-state index contributed by atoms with van der Waals surface area (Å²) in [6.07, 6.45) is 11.5. The molecule has 1 aliphatic rings. The van der Waals surface area contributed by atoms with Gasteiger partial charge in [-0.05, 0) is 49.8 Å². The van der Waals surface area contributed by atoms with Crippen LogP contribution in [-0.4, -0.2) is 34.1 Å². The van der Waals surface area contributed by atoms with E-state index in [9.17, 15) is 9.90 Å². The lowest BCUT2D eigenvalue weighted by Gasteiger charge is -2.28. The Morgan fingerprint density at radius 3 is 2.68 bits per heavy atom. The summed E-state index contributed by atoms with van der Waals surface area (Å²) >= 11 is 6.56. The number of benzene rings is 1. The van der Waals surface area contributed by atoms with Crippen LogP contribution in [0, 0.1) is 0 Å². The minimum Gasteiger partial charge on any atom is -0.481 e. The van der Waals surface area contributed by atoms with Crippen molar-refractivity contribution in [3.05, 3.63) is 42.0 Å². The molecule has 3 atom stereocenters. The highest BCUT2D eigenvalue weighted by molar-refractivity contribution is 6.21. The van der Waals surface area contributed by atoms with Gasteiger partial charge in [-0.1, -0.05) is 50.5 Å². The molecule has 0 radical (unpaired) electrons. The summed E-state index contributed by atoms with van der Waals surface area (Å²) in [5.74, 6) is -0.741. The fourth-order valence-electron chi connectivity index (χ4n) is 3.78. The number of carbonyl (C=O) groups is 1. The molecule has 1 aromatic carbocycles. The molecule has 5 heteroatoms. The van der Waals surface area contributed by atoms with Gasteiger partial charge in [0.25, 0.3) is 0 Å². The van der Waals surface area contributed by atoms with Gasteiger partial charge in [-0.15, -0.1) is 11.6 Å². The van der Waals surface area contributed by atoms with E-state index >= 15 is 0 Å². The summed E-state index contributed by atoms with van der Waals surface area (Å²) < 4.78 is 0. The molecule has 0 amide bonds. The maximum atomic E-state index is 10.6. The number of hydrogen-bond donors (Lipinski definition) is 2. The molecule has 28 heavy (non-hydrogen) atoms. The molecule has 0 saturated carbocycles. The number of allylic oxidation sites excluding steroid dienone is 1. The lowest BCUT2D eigenvalue weighted by Crippen LogP contribution is -2.32. The average molecular weight is 408 g/mol. The van der Waals surface area contributed by atoms with E-state index in [1.807, 2.05) is 12.1 Å². The maximum Gasteiger partial charge on any atom is 0.303 e. The van der Waals surface area contributed by atoms with Crippen molar-refractivity contribution in [3.63, 3.8) is 0 Å². The van der Waals surface area contributed by atoms with Crippen molar-refractivity contribution in [1.29, 1.82) is 0 Å². The van der Waals surface area contributed by atoms with Crippen LogP contribution in [0.25, 0.3) is 0 Å².